The topological polar surface area (TPSA) is 84.5 Å². The molecule has 4 N–H and O–H groups in total. The molecular weight excluding hydrogens is 434 g/mol. The first-order valence-corrected chi connectivity index (χ1v) is 12.0. The zero-order valence-electron chi connectivity index (χ0n) is 19.4. The largest absolute Gasteiger partial charge is 0.359 e. The molecule has 3 aromatic heterocycles. The van der Waals surface area contributed by atoms with Gasteiger partial charge in [0.15, 0.2) is 0 Å². The number of benzene rings is 3. The number of aromatic amines is 2. The molecule has 3 aromatic carbocycles. The maximum atomic E-state index is 13.6. The number of H-pyrrole nitrogens is 2. The third kappa shape index (κ3) is 3.68. The van der Waals surface area contributed by atoms with Gasteiger partial charge in [0.25, 0.3) is 0 Å². The summed E-state index contributed by atoms with van der Waals surface area (Å²) in [6, 6.07) is 26.7. The summed E-state index contributed by atoms with van der Waals surface area (Å²) in [5.41, 5.74) is 12.6. The highest BCUT2D eigenvalue weighted by molar-refractivity contribution is 5.97. The lowest BCUT2D eigenvalue weighted by atomic mass is 10.0. The van der Waals surface area contributed by atoms with E-state index in [4.69, 9.17) is 5.73 Å². The van der Waals surface area contributed by atoms with E-state index in [2.05, 4.69) is 57.1 Å². The molecule has 6 rings (SSSR count). The molecule has 6 nitrogen and oxygen atoms in total. The Bertz CT molecular complexity index is 1680. The van der Waals surface area contributed by atoms with Crippen LogP contribution >= 0.6 is 0 Å². The summed E-state index contributed by atoms with van der Waals surface area (Å²) < 4.78 is 4.08. The number of para-hydroxylation sites is 2. The van der Waals surface area contributed by atoms with Gasteiger partial charge in [0, 0.05) is 58.4 Å². The van der Waals surface area contributed by atoms with E-state index in [1.54, 1.807) is 0 Å². The van der Waals surface area contributed by atoms with Gasteiger partial charge in [0.05, 0.1) is 11.4 Å². The predicted octanol–water partition coefficient (Wildman–Crippen LogP) is 5.21. The van der Waals surface area contributed by atoms with Gasteiger partial charge < -0.3 is 20.3 Å². The molecule has 6 heteroatoms. The highest BCUT2D eigenvalue weighted by Crippen LogP contribution is 2.35. The summed E-state index contributed by atoms with van der Waals surface area (Å²) in [5, 5.41) is 2.12. The van der Waals surface area contributed by atoms with E-state index >= 15 is 0 Å². The Morgan fingerprint density at radius 1 is 0.857 bits per heavy atom. The van der Waals surface area contributed by atoms with Crippen LogP contribution in [0.3, 0.4) is 0 Å². The van der Waals surface area contributed by atoms with Gasteiger partial charge in [-0.2, -0.15) is 0 Å². The van der Waals surface area contributed by atoms with Crippen LogP contribution in [0.2, 0.25) is 0 Å². The lowest BCUT2D eigenvalue weighted by molar-refractivity contribution is 0.671. The zero-order chi connectivity index (χ0) is 23.8. The lowest BCUT2D eigenvalue weighted by Crippen LogP contribution is -2.15. The van der Waals surface area contributed by atoms with Crippen LogP contribution in [-0.4, -0.2) is 25.6 Å². The van der Waals surface area contributed by atoms with Crippen LogP contribution < -0.4 is 11.4 Å². The highest BCUT2D eigenvalue weighted by atomic mass is 16.1. The van der Waals surface area contributed by atoms with Crippen molar-refractivity contribution >= 4 is 21.8 Å². The molecule has 0 atom stereocenters. The second kappa shape index (κ2) is 8.81. The van der Waals surface area contributed by atoms with Crippen molar-refractivity contribution in [1.29, 1.82) is 0 Å². The number of nitrogens with two attached hydrogens (primary N) is 1. The van der Waals surface area contributed by atoms with Crippen molar-refractivity contribution < 1.29 is 0 Å². The van der Waals surface area contributed by atoms with E-state index < -0.39 is 0 Å². The summed E-state index contributed by atoms with van der Waals surface area (Å²) in [7, 11) is 0. The summed E-state index contributed by atoms with van der Waals surface area (Å²) in [6.07, 6.45) is 5.60. The van der Waals surface area contributed by atoms with Crippen molar-refractivity contribution in [3.63, 3.8) is 0 Å². The van der Waals surface area contributed by atoms with Crippen LogP contribution in [0.15, 0.2) is 96.1 Å². The van der Waals surface area contributed by atoms with Crippen molar-refractivity contribution in [1.82, 2.24) is 19.1 Å². The third-order valence-corrected chi connectivity index (χ3v) is 6.65. The Hall–Kier alpha value is -4.29. The number of nitrogens with zero attached hydrogens (tertiary/aromatic N) is 2. The zero-order valence-corrected chi connectivity index (χ0v) is 19.4. The van der Waals surface area contributed by atoms with Gasteiger partial charge in [-0.15, -0.1) is 0 Å². The number of aromatic nitrogens is 4. The molecule has 0 unspecified atom stereocenters. The van der Waals surface area contributed by atoms with Crippen LogP contribution in [0.25, 0.3) is 38.8 Å². The van der Waals surface area contributed by atoms with Crippen LogP contribution in [0, 0.1) is 0 Å². The van der Waals surface area contributed by atoms with Crippen LogP contribution in [0.5, 0.6) is 0 Å². The number of rotatable bonds is 7. The van der Waals surface area contributed by atoms with Gasteiger partial charge in [-0.25, -0.2) is 4.79 Å². The second-order valence-corrected chi connectivity index (χ2v) is 8.87. The minimum Gasteiger partial charge on any atom is -0.359 e. The number of hydrogen-bond acceptors (Lipinski definition) is 2. The second-order valence-electron chi connectivity index (χ2n) is 8.87. The first-order valence-electron chi connectivity index (χ1n) is 12.0. The van der Waals surface area contributed by atoms with Gasteiger partial charge in [-0.1, -0.05) is 66.7 Å². The van der Waals surface area contributed by atoms with Gasteiger partial charge >= 0.3 is 5.69 Å². The number of nitrogens with one attached hydrogen (secondary N) is 2. The maximum absolute atomic E-state index is 13.6. The molecule has 0 saturated heterocycles. The molecule has 0 saturated carbocycles. The molecule has 174 valence electrons. The van der Waals surface area contributed by atoms with Gasteiger partial charge in [-0.05, 0) is 30.7 Å². The number of fused-ring (bicyclic) bond motifs is 2. The Balaban J connectivity index is 1.64. The SMILES string of the molecule is NCCCn1cc(-c2c(Cc3ccccc3)[nH]c(=O)n2-c2c[nH]c3ccccc23)c2ccccc21. The molecule has 0 aliphatic heterocycles. The minimum absolute atomic E-state index is 0.144. The molecule has 35 heavy (non-hydrogen) atoms. The average molecular weight is 462 g/mol. The quantitative estimate of drug-likeness (QED) is 0.305. The first kappa shape index (κ1) is 21.3. The molecule has 0 fully saturated rings. The molecule has 0 radical (unpaired) electrons. The molecule has 0 amide bonds. The third-order valence-electron chi connectivity index (χ3n) is 6.65. The molecule has 3 heterocycles. The van der Waals surface area contributed by atoms with Crippen LogP contribution in [-0.2, 0) is 13.0 Å². The summed E-state index contributed by atoms with van der Waals surface area (Å²) >= 11 is 0. The Kier molecular flexibility index (Phi) is 5.35. The van der Waals surface area contributed by atoms with Gasteiger partial charge in [-0.3, -0.25) is 4.57 Å². The first-order chi connectivity index (χ1) is 17.2. The summed E-state index contributed by atoms with van der Waals surface area (Å²) in [4.78, 5) is 20.1. The minimum atomic E-state index is -0.144. The van der Waals surface area contributed by atoms with E-state index in [-0.39, 0.29) is 5.69 Å². The number of hydrogen-bond donors (Lipinski definition) is 3. The predicted molar refractivity (Wildman–Crippen MR) is 142 cm³/mol. The van der Waals surface area contributed by atoms with E-state index in [9.17, 15) is 4.79 Å². The molecule has 0 spiro atoms. The molecule has 6 aromatic rings. The maximum Gasteiger partial charge on any atom is 0.330 e. The van der Waals surface area contributed by atoms with Crippen LogP contribution in [0.1, 0.15) is 17.7 Å². The summed E-state index contributed by atoms with van der Waals surface area (Å²) in [5.74, 6) is 0. The van der Waals surface area contributed by atoms with Crippen molar-refractivity contribution in [3.05, 3.63) is 113 Å². The Morgan fingerprint density at radius 3 is 2.43 bits per heavy atom. The highest BCUT2D eigenvalue weighted by Gasteiger charge is 2.23. The number of aryl methyl sites for hydroxylation is 1. The monoisotopic (exact) mass is 461 g/mol. The standard InChI is InChI=1S/C29H27N5O/c30-15-8-16-33-19-23(21-11-5-7-14-26(21)33)28-25(17-20-9-2-1-3-10-20)32-29(35)34(28)27-18-31-24-13-6-4-12-22(24)27/h1-7,9-14,18-19,31H,8,15-17,30H2,(H,32,35). The van der Waals surface area contributed by atoms with Crippen LogP contribution in [0.4, 0.5) is 0 Å². The Labute approximate surface area is 202 Å². The van der Waals surface area contributed by atoms with Gasteiger partial charge in [0.1, 0.15) is 0 Å². The van der Waals surface area contributed by atoms with E-state index in [0.717, 1.165) is 63.0 Å². The molecular formula is C29H27N5O. The normalized spacial score (nSPS) is 11.6. The van der Waals surface area contributed by atoms with Gasteiger partial charge in [0.2, 0.25) is 0 Å². The molecule has 0 aliphatic rings. The van der Waals surface area contributed by atoms with Crippen molar-refractivity contribution in [2.75, 3.05) is 6.54 Å². The van der Waals surface area contributed by atoms with E-state index in [1.165, 1.54) is 0 Å². The smallest absolute Gasteiger partial charge is 0.330 e. The van der Waals surface area contributed by atoms with E-state index in [1.807, 2.05) is 53.2 Å². The Morgan fingerprint density at radius 2 is 1.60 bits per heavy atom. The van der Waals surface area contributed by atoms with Crippen molar-refractivity contribution in [2.45, 2.75) is 19.4 Å². The fraction of sp³-hybridized carbons (Fsp3) is 0.138. The molecule has 0 bridgehead atoms. The lowest BCUT2D eigenvalue weighted by Gasteiger charge is -2.09. The molecule has 0 aliphatic carbocycles. The van der Waals surface area contributed by atoms with Crippen molar-refractivity contribution in [2.24, 2.45) is 5.73 Å². The fourth-order valence-corrected chi connectivity index (χ4v) is 5.04. The fourth-order valence-electron chi connectivity index (χ4n) is 5.04. The number of imidazole rings is 1. The van der Waals surface area contributed by atoms with E-state index in [0.29, 0.717) is 13.0 Å². The summed E-state index contributed by atoms with van der Waals surface area (Å²) in [6.45, 7) is 1.46. The van der Waals surface area contributed by atoms with Crippen molar-refractivity contribution in [3.8, 4) is 16.9 Å². The average Bonchev–Trinajstić information content (AvgIpc) is 3.56.